The number of aromatic hydroxyl groups is 1. The first-order valence-corrected chi connectivity index (χ1v) is 6.02. The van der Waals surface area contributed by atoms with E-state index in [0.717, 1.165) is 5.56 Å². The SMILES string of the molecule is C[C@H](N)c1cc(F)ccc1OCc1cccc(O)c1. The van der Waals surface area contributed by atoms with Crippen molar-refractivity contribution in [2.24, 2.45) is 5.73 Å². The first kappa shape index (κ1) is 13.4. The van der Waals surface area contributed by atoms with E-state index in [4.69, 9.17) is 10.5 Å². The van der Waals surface area contributed by atoms with E-state index in [1.54, 1.807) is 31.2 Å². The summed E-state index contributed by atoms with van der Waals surface area (Å²) in [4.78, 5) is 0. The van der Waals surface area contributed by atoms with E-state index < -0.39 is 0 Å². The molecule has 1 atom stereocenters. The first-order chi connectivity index (χ1) is 9.06. The molecule has 0 aliphatic heterocycles. The number of ether oxygens (including phenoxy) is 1. The number of benzene rings is 2. The summed E-state index contributed by atoms with van der Waals surface area (Å²) in [6.07, 6.45) is 0. The van der Waals surface area contributed by atoms with Crippen LogP contribution in [-0.4, -0.2) is 5.11 Å². The van der Waals surface area contributed by atoms with Crippen LogP contribution in [0.4, 0.5) is 4.39 Å². The molecule has 100 valence electrons. The lowest BCUT2D eigenvalue weighted by Crippen LogP contribution is -2.08. The van der Waals surface area contributed by atoms with Gasteiger partial charge in [0.2, 0.25) is 0 Å². The van der Waals surface area contributed by atoms with Crippen LogP contribution in [0.25, 0.3) is 0 Å². The molecule has 0 saturated heterocycles. The van der Waals surface area contributed by atoms with Crippen LogP contribution in [0.3, 0.4) is 0 Å². The zero-order valence-corrected chi connectivity index (χ0v) is 10.6. The normalized spacial score (nSPS) is 12.2. The van der Waals surface area contributed by atoms with Crippen molar-refractivity contribution in [2.45, 2.75) is 19.6 Å². The number of nitrogens with two attached hydrogens (primary N) is 1. The molecule has 0 bridgehead atoms. The molecule has 3 nitrogen and oxygen atoms in total. The van der Waals surface area contributed by atoms with Crippen molar-refractivity contribution in [3.05, 3.63) is 59.4 Å². The van der Waals surface area contributed by atoms with Gasteiger partial charge in [-0.3, -0.25) is 0 Å². The molecule has 4 heteroatoms. The second kappa shape index (κ2) is 5.71. The number of hydrogen-bond acceptors (Lipinski definition) is 3. The third-order valence-electron chi connectivity index (χ3n) is 2.77. The van der Waals surface area contributed by atoms with Crippen molar-refractivity contribution in [2.75, 3.05) is 0 Å². The molecule has 0 radical (unpaired) electrons. The summed E-state index contributed by atoms with van der Waals surface area (Å²) in [5.74, 6) is 0.407. The van der Waals surface area contributed by atoms with Crippen molar-refractivity contribution < 1.29 is 14.2 Å². The van der Waals surface area contributed by atoms with Crippen LogP contribution in [0, 0.1) is 5.82 Å². The molecule has 0 fully saturated rings. The van der Waals surface area contributed by atoms with Crippen LogP contribution in [-0.2, 0) is 6.61 Å². The minimum atomic E-state index is -0.336. The molecule has 0 saturated carbocycles. The maximum atomic E-state index is 13.2. The van der Waals surface area contributed by atoms with Gasteiger partial charge in [-0.25, -0.2) is 4.39 Å². The average Bonchev–Trinajstić information content (AvgIpc) is 2.37. The van der Waals surface area contributed by atoms with Gasteiger partial charge in [0, 0.05) is 11.6 Å². The molecule has 19 heavy (non-hydrogen) atoms. The van der Waals surface area contributed by atoms with Gasteiger partial charge >= 0.3 is 0 Å². The molecule has 0 spiro atoms. The Hall–Kier alpha value is -2.07. The number of hydrogen-bond donors (Lipinski definition) is 2. The monoisotopic (exact) mass is 261 g/mol. The van der Waals surface area contributed by atoms with E-state index in [-0.39, 0.29) is 17.6 Å². The van der Waals surface area contributed by atoms with Crippen LogP contribution in [0.5, 0.6) is 11.5 Å². The predicted octanol–water partition coefficient (Wildman–Crippen LogP) is 3.13. The molecule has 0 amide bonds. The Bertz CT molecular complexity index is 570. The third-order valence-corrected chi connectivity index (χ3v) is 2.77. The Labute approximate surface area is 111 Å². The summed E-state index contributed by atoms with van der Waals surface area (Å²) < 4.78 is 18.8. The Kier molecular flexibility index (Phi) is 4.02. The first-order valence-electron chi connectivity index (χ1n) is 6.02. The van der Waals surface area contributed by atoms with Crippen molar-refractivity contribution in [3.8, 4) is 11.5 Å². The van der Waals surface area contributed by atoms with Gasteiger partial charge in [0.25, 0.3) is 0 Å². The Balaban J connectivity index is 2.15. The number of halogens is 1. The van der Waals surface area contributed by atoms with Gasteiger partial charge in [-0.15, -0.1) is 0 Å². The van der Waals surface area contributed by atoms with E-state index in [0.29, 0.717) is 17.9 Å². The second-order valence-corrected chi connectivity index (χ2v) is 4.43. The van der Waals surface area contributed by atoms with E-state index in [9.17, 15) is 9.50 Å². The average molecular weight is 261 g/mol. The molecular formula is C15H16FNO2. The molecule has 0 unspecified atom stereocenters. The molecule has 2 aromatic carbocycles. The fourth-order valence-electron chi connectivity index (χ4n) is 1.81. The van der Waals surface area contributed by atoms with Gasteiger partial charge in [-0.05, 0) is 42.8 Å². The quantitative estimate of drug-likeness (QED) is 0.889. The summed E-state index contributed by atoms with van der Waals surface area (Å²) in [5, 5.41) is 9.36. The van der Waals surface area contributed by atoms with Crippen LogP contribution in [0.1, 0.15) is 24.1 Å². The molecule has 3 N–H and O–H groups in total. The van der Waals surface area contributed by atoms with Crippen molar-refractivity contribution in [1.82, 2.24) is 0 Å². The van der Waals surface area contributed by atoms with Gasteiger partial charge in [0.1, 0.15) is 23.9 Å². The summed E-state index contributed by atoms with van der Waals surface area (Å²) >= 11 is 0. The van der Waals surface area contributed by atoms with Crippen molar-refractivity contribution in [3.63, 3.8) is 0 Å². The summed E-state index contributed by atoms with van der Waals surface area (Å²) in [6.45, 7) is 2.07. The highest BCUT2D eigenvalue weighted by Gasteiger charge is 2.09. The highest BCUT2D eigenvalue weighted by Crippen LogP contribution is 2.25. The second-order valence-electron chi connectivity index (χ2n) is 4.43. The summed E-state index contributed by atoms with van der Waals surface area (Å²) in [7, 11) is 0. The third kappa shape index (κ3) is 3.45. The van der Waals surface area contributed by atoms with Gasteiger partial charge < -0.3 is 15.6 Å². The number of phenolic OH excluding ortho intramolecular Hbond substituents is 1. The standard InChI is InChI=1S/C15H16FNO2/c1-10(17)14-8-12(16)5-6-15(14)19-9-11-3-2-4-13(18)7-11/h2-8,10,18H,9,17H2,1H3/t10-/m0/s1. The predicted molar refractivity (Wildman–Crippen MR) is 71.4 cm³/mol. The van der Waals surface area contributed by atoms with Crippen molar-refractivity contribution >= 4 is 0 Å². The highest BCUT2D eigenvalue weighted by atomic mass is 19.1. The fourth-order valence-corrected chi connectivity index (χ4v) is 1.81. The Morgan fingerprint density at radius 2 is 2.05 bits per heavy atom. The van der Waals surface area contributed by atoms with Gasteiger partial charge in [-0.2, -0.15) is 0 Å². The van der Waals surface area contributed by atoms with E-state index in [2.05, 4.69) is 0 Å². The minimum absolute atomic E-state index is 0.188. The van der Waals surface area contributed by atoms with Crippen LogP contribution >= 0.6 is 0 Å². The van der Waals surface area contributed by atoms with E-state index in [1.165, 1.54) is 12.1 Å². The fraction of sp³-hybridized carbons (Fsp3) is 0.200. The lowest BCUT2D eigenvalue weighted by atomic mass is 10.1. The van der Waals surface area contributed by atoms with E-state index in [1.807, 2.05) is 6.07 Å². The molecule has 2 aromatic rings. The van der Waals surface area contributed by atoms with Gasteiger partial charge in [0.15, 0.2) is 0 Å². The lowest BCUT2D eigenvalue weighted by molar-refractivity contribution is 0.300. The van der Waals surface area contributed by atoms with Crippen molar-refractivity contribution in [1.29, 1.82) is 0 Å². The molecule has 2 rings (SSSR count). The molecule has 0 aliphatic carbocycles. The minimum Gasteiger partial charge on any atom is -0.508 e. The van der Waals surface area contributed by atoms with Crippen LogP contribution < -0.4 is 10.5 Å². The molecule has 0 aliphatic rings. The summed E-state index contributed by atoms with van der Waals surface area (Å²) in [6, 6.07) is 10.8. The number of rotatable bonds is 4. The van der Waals surface area contributed by atoms with E-state index >= 15 is 0 Å². The largest absolute Gasteiger partial charge is 0.508 e. The zero-order chi connectivity index (χ0) is 13.8. The lowest BCUT2D eigenvalue weighted by Gasteiger charge is -2.14. The van der Waals surface area contributed by atoms with Crippen LogP contribution in [0.2, 0.25) is 0 Å². The van der Waals surface area contributed by atoms with Gasteiger partial charge in [-0.1, -0.05) is 12.1 Å². The smallest absolute Gasteiger partial charge is 0.124 e. The number of phenols is 1. The highest BCUT2D eigenvalue weighted by molar-refractivity contribution is 5.36. The topological polar surface area (TPSA) is 55.5 Å². The zero-order valence-electron chi connectivity index (χ0n) is 10.6. The maximum Gasteiger partial charge on any atom is 0.124 e. The maximum absolute atomic E-state index is 13.2. The molecule has 0 heterocycles. The molecule has 0 aromatic heterocycles. The Morgan fingerprint density at radius 1 is 1.26 bits per heavy atom. The van der Waals surface area contributed by atoms with Gasteiger partial charge in [0.05, 0.1) is 0 Å². The molecular weight excluding hydrogens is 245 g/mol. The summed E-state index contributed by atoms with van der Waals surface area (Å²) in [5.41, 5.74) is 7.25. The Morgan fingerprint density at radius 3 is 2.74 bits per heavy atom. The van der Waals surface area contributed by atoms with Crippen LogP contribution in [0.15, 0.2) is 42.5 Å².